The maximum atomic E-state index is 11.3. The van der Waals surface area contributed by atoms with Crippen LogP contribution in [-0.4, -0.2) is 49.4 Å². The molecule has 1 aliphatic rings. The molecule has 1 saturated heterocycles. The maximum absolute atomic E-state index is 11.3. The van der Waals surface area contributed by atoms with Crippen LogP contribution >= 0.6 is 0 Å². The van der Waals surface area contributed by atoms with Gasteiger partial charge in [0.25, 0.3) is 0 Å². The van der Waals surface area contributed by atoms with Gasteiger partial charge in [-0.05, 0) is 20.5 Å². The van der Waals surface area contributed by atoms with E-state index in [-0.39, 0.29) is 6.42 Å². The van der Waals surface area contributed by atoms with Crippen LogP contribution < -0.4 is 0 Å². The Hall–Kier alpha value is -0.660. The normalized spacial score (nSPS) is 29.0. The van der Waals surface area contributed by atoms with Crippen molar-refractivity contribution in [2.45, 2.75) is 24.3 Å². The third-order valence-electron chi connectivity index (χ3n) is 2.15. The minimum absolute atomic E-state index is 0.132. The van der Waals surface area contributed by atoms with Gasteiger partial charge in [-0.2, -0.15) is 8.42 Å². The van der Waals surface area contributed by atoms with Gasteiger partial charge >= 0.3 is 16.1 Å². The summed E-state index contributed by atoms with van der Waals surface area (Å²) in [6.07, 6.45) is 0.504. The molecular formula is C7H13NO5S. The number of carbonyl (C=O) groups excluding carboxylic acids is 1. The highest BCUT2D eigenvalue weighted by atomic mass is 32.2. The van der Waals surface area contributed by atoms with E-state index in [2.05, 4.69) is 4.74 Å². The van der Waals surface area contributed by atoms with Crippen LogP contribution in [0.2, 0.25) is 0 Å². The number of nitrogens with zero attached hydrogens (tertiary/aromatic N) is 1. The van der Waals surface area contributed by atoms with Crippen molar-refractivity contribution in [3.05, 3.63) is 0 Å². The monoisotopic (exact) mass is 223 g/mol. The zero-order valence-corrected chi connectivity index (χ0v) is 8.82. The standard InChI is InChI=1S/C7H13NO5S/c1-8(2)5-3-4-6(13-7(5)9)14(10,11)12/h5-6H,3-4H2,1-2H3,(H,10,11,12). The van der Waals surface area contributed by atoms with Crippen molar-refractivity contribution in [2.75, 3.05) is 14.1 Å². The molecule has 0 aliphatic carbocycles. The summed E-state index contributed by atoms with van der Waals surface area (Å²) in [7, 11) is -0.853. The van der Waals surface area contributed by atoms with E-state index in [9.17, 15) is 13.2 Å². The first-order valence-electron chi connectivity index (χ1n) is 4.15. The van der Waals surface area contributed by atoms with Gasteiger partial charge in [0.15, 0.2) is 0 Å². The van der Waals surface area contributed by atoms with Crippen LogP contribution in [0, 0.1) is 0 Å². The Morgan fingerprint density at radius 1 is 1.43 bits per heavy atom. The molecule has 1 aliphatic heterocycles. The van der Waals surface area contributed by atoms with Crippen molar-refractivity contribution in [1.82, 2.24) is 4.90 Å². The highest BCUT2D eigenvalue weighted by Crippen LogP contribution is 2.20. The van der Waals surface area contributed by atoms with Crippen LogP contribution in [0.5, 0.6) is 0 Å². The maximum Gasteiger partial charge on any atom is 0.324 e. The van der Waals surface area contributed by atoms with Crippen LogP contribution in [0.3, 0.4) is 0 Å². The fourth-order valence-electron chi connectivity index (χ4n) is 1.36. The molecule has 7 heteroatoms. The number of rotatable bonds is 2. The second-order valence-corrected chi connectivity index (χ2v) is 4.99. The second kappa shape index (κ2) is 3.84. The number of hydrogen-bond acceptors (Lipinski definition) is 5. The number of cyclic esters (lactones) is 1. The van der Waals surface area contributed by atoms with Gasteiger partial charge in [0.05, 0.1) is 0 Å². The number of ether oxygens (including phenoxy) is 1. The summed E-state index contributed by atoms with van der Waals surface area (Å²) in [4.78, 5) is 12.9. The highest BCUT2D eigenvalue weighted by molar-refractivity contribution is 7.86. The topological polar surface area (TPSA) is 83.9 Å². The minimum atomic E-state index is -4.27. The molecule has 14 heavy (non-hydrogen) atoms. The molecule has 0 saturated carbocycles. The molecule has 1 heterocycles. The Balaban J connectivity index is 2.69. The first kappa shape index (κ1) is 11.4. The van der Waals surface area contributed by atoms with Crippen molar-refractivity contribution in [2.24, 2.45) is 0 Å². The second-order valence-electron chi connectivity index (χ2n) is 3.44. The van der Waals surface area contributed by atoms with Crippen LogP contribution in [-0.2, 0) is 19.6 Å². The summed E-state index contributed by atoms with van der Waals surface area (Å²) in [5.74, 6) is -0.608. The summed E-state index contributed by atoms with van der Waals surface area (Å²) in [6, 6.07) is -0.423. The number of carbonyl (C=O) groups is 1. The lowest BCUT2D eigenvalue weighted by molar-refractivity contribution is -0.156. The van der Waals surface area contributed by atoms with Gasteiger partial charge < -0.3 is 4.74 Å². The van der Waals surface area contributed by atoms with Crippen LogP contribution in [0.15, 0.2) is 0 Å². The molecule has 2 atom stereocenters. The molecule has 0 spiro atoms. The first-order valence-corrected chi connectivity index (χ1v) is 5.66. The van der Waals surface area contributed by atoms with Crippen LogP contribution in [0.4, 0.5) is 0 Å². The zero-order chi connectivity index (χ0) is 10.9. The first-order chi connectivity index (χ1) is 6.32. The van der Waals surface area contributed by atoms with E-state index in [1.54, 1.807) is 19.0 Å². The zero-order valence-electron chi connectivity index (χ0n) is 8.00. The smallest absolute Gasteiger partial charge is 0.324 e. The molecule has 0 aromatic heterocycles. The molecule has 1 rings (SSSR count). The molecule has 1 fully saturated rings. The predicted octanol–water partition coefficient (Wildman–Crippen LogP) is -0.533. The van der Waals surface area contributed by atoms with E-state index >= 15 is 0 Å². The third-order valence-corrected chi connectivity index (χ3v) is 3.15. The lowest BCUT2D eigenvalue weighted by atomic mass is 10.1. The third kappa shape index (κ3) is 2.43. The van der Waals surface area contributed by atoms with E-state index in [4.69, 9.17) is 4.55 Å². The van der Waals surface area contributed by atoms with Gasteiger partial charge in [-0.1, -0.05) is 0 Å². The summed E-state index contributed by atoms with van der Waals surface area (Å²) in [5.41, 5.74) is -1.40. The number of esters is 1. The molecular weight excluding hydrogens is 210 g/mol. The van der Waals surface area contributed by atoms with Gasteiger partial charge in [-0.25, -0.2) is 0 Å². The summed E-state index contributed by atoms with van der Waals surface area (Å²) in [6.45, 7) is 0. The van der Waals surface area contributed by atoms with Crippen LogP contribution in [0.1, 0.15) is 12.8 Å². The highest BCUT2D eigenvalue weighted by Gasteiger charge is 2.37. The summed E-state index contributed by atoms with van der Waals surface area (Å²) >= 11 is 0. The number of likely N-dealkylation sites (N-methyl/N-ethyl adjacent to an activating group) is 1. The van der Waals surface area contributed by atoms with Crippen molar-refractivity contribution in [3.8, 4) is 0 Å². The molecule has 0 radical (unpaired) electrons. The van der Waals surface area contributed by atoms with E-state index in [0.29, 0.717) is 6.42 Å². The Labute approximate surface area is 82.6 Å². The largest absolute Gasteiger partial charge is 0.442 e. The van der Waals surface area contributed by atoms with Crippen LogP contribution in [0.25, 0.3) is 0 Å². The average Bonchev–Trinajstić information content (AvgIpc) is 2.01. The Bertz CT molecular complexity index is 323. The average molecular weight is 223 g/mol. The molecule has 0 amide bonds. The lowest BCUT2D eigenvalue weighted by Crippen LogP contribution is -2.45. The van der Waals surface area contributed by atoms with Crippen molar-refractivity contribution >= 4 is 16.1 Å². The van der Waals surface area contributed by atoms with Gasteiger partial charge in [0.2, 0.25) is 5.44 Å². The SMILES string of the molecule is CN(C)C1CCC(S(=O)(=O)O)OC1=O. The van der Waals surface area contributed by atoms with E-state index in [1.807, 2.05) is 0 Å². The molecule has 1 N–H and O–H groups in total. The van der Waals surface area contributed by atoms with Crippen molar-refractivity contribution in [1.29, 1.82) is 0 Å². The van der Waals surface area contributed by atoms with E-state index < -0.39 is 27.6 Å². The van der Waals surface area contributed by atoms with Gasteiger partial charge in [-0.15, -0.1) is 0 Å². The lowest BCUT2D eigenvalue weighted by Gasteiger charge is -2.29. The molecule has 6 nitrogen and oxygen atoms in total. The van der Waals surface area contributed by atoms with Gasteiger partial charge in [0.1, 0.15) is 6.04 Å². The number of hydrogen-bond donors (Lipinski definition) is 1. The fourth-order valence-corrected chi connectivity index (χ4v) is 2.01. The molecule has 82 valence electrons. The quantitative estimate of drug-likeness (QED) is 0.500. The Morgan fingerprint density at radius 2 is 2.00 bits per heavy atom. The van der Waals surface area contributed by atoms with Gasteiger partial charge in [0, 0.05) is 6.42 Å². The van der Waals surface area contributed by atoms with E-state index in [0.717, 1.165) is 0 Å². The van der Waals surface area contributed by atoms with Crippen molar-refractivity contribution in [3.63, 3.8) is 0 Å². The molecule has 0 aromatic rings. The van der Waals surface area contributed by atoms with E-state index in [1.165, 1.54) is 0 Å². The Kier molecular flexibility index (Phi) is 3.13. The molecule has 0 aromatic carbocycles. The predicted molar refractivity (Wildman–Crippen MR) is 48.1 cm³/mol. The Morgan fingerprint density at radius 3 is 2.36 bits per heavy atom. The molecule has 0 bridgehead atoms. The minimum Gasteiger partial charge on any atom is -0.442 e. The van der Waals surface area contributed by atoms with Crippen molar-refractivity contribution < 1.29 is 22.5 Å². The molecule has 2 unspecified atom stereocenters. The van der Waals surface area contributed by atoms with Gasteiger partial charge in [-0.3, -0.25) is 14.2 Å². The summed E-state index contributed by atoms with van der Waals surface area (Å²) < 4.78 is 34.6. The fraction of sp³-hybridized carbons (Fsp3) is 0.857. The summed E-state index contributed by atoms with van der Waals surface area (Å²) in [5, 5.41) is 0.